The molecule has 3 heteroatoms. The molecule has 0 saturated heterocycles. The molecule has 0 aromatic heterocycles. The lowest BCUT2D eigenvalue weighted by molar-refractivity contribution is -0.194. The summed E-state index contributed by atoms with van der Waals surface area (Å²) in [5.41, 5.74) is 1.27. The molecule has 98 valence electrons. The molecular weight excluding hydrogens is 292 g/mol. The maximum absolute atomic E-state index is 10.0. The fraction of sp³-hybridized carbons (Fsp3) is 0.600. The number of halogens is 1. The van der Waals surface area contributed by atoms with Gasteiger partial charge in [-0.05, 0) is 24.5 Å². The van der Waals surface area contributed by atoms with Gasteiger partial charge in [0.15, 0.2) is 0 Å². The summed E-state index contributed by atoms with van der Waals surface area (Å²) in [7, 11) is 0. The van der Waals surface area contributed by atoms with Gasteiger partial charge in [-0.15, -0.1) is 0 Å². The number of aliphatic hydroxyl groups is 1. The van der Waals surface area contributed by atoms with Crippen molar-refractivity contribution in [3.8, 4) is 0 Å². The highest BCUT2D eigenvalue weighted by Crippen LogP contribution is 2.54. The Labute approximate surface area is 116 Å². The third kappa shape index (κ3) is 2.02. The lowest BCUT2D eigenvalue weighted by Gasteiger charge is -2.51. The third-order valence-electron chi connectivity index (χ3n) is 4.67. The predicted molar refractivity (Wildman–Crippen MR) is 74.2 cm³/mol. The van der Waals surface area contributed by atoms with Crippen molar-refractivity contribution in [3.63, 3.8) is 0 Å². The molecule has 3 rings (SSSR count). The van der Waals surface area contributed by atoms with Crippen LogP contribution in [0.25, 0.3) is 0 Å². The van der Waals surface area contributed by atoms with Crippen LogP contribution in [-0.2, 0) is 11.3 Å². The molecule has 2 aliphatic rings. The lowest BCUT2D eigenvalue weighted by atomic mass is 9.62. The van der Waals surface area contributed by atoms with E-state index in [1.54, 1.807) is 0 Å². The van der Waals surface area contributed by atoms with E-state index in [0.717, 1.165) is 23.7 Å². The van der Waals surface area contributed by atoms with Crippen LogP contribution in [0.4, 0.5) is 0 Å². The van der Waals surface area contributed by atoms with Crippen LogP contribution in [0.5, 0.6) is 0 Å². The van der Waals surface area contributed by atoms with Gasteiger partial charge in [-0.1, -0.05) is 47.0 Å². The number of hydrogen-bond acceptors (Lipinski definition) is 2. The van der Waals surface area contributed by atoms with Crippen molar-refractivity contribution in [1.29, 1.82) is 0 Å². The highest BCUT2D eigenvalue weighted by Gasteiger charge is 2.56. The number of aliphatic hydroxyl groups excluding tert-OH is 1. The monoisotopic (exact) mass is 310 g/mol. The van der Waals surface area contributed by atoms with Gasteiger partial charge >= 0.3 is 0 Å². The summed E-state index contributed by atoms with van der Waals surface area (Å²) in [6.45, 7) is 0.639. The van der Waals surface area contributed by atoms with Gasteiger partial charge in [0.2, 0.25) is 0 Å². The Kier molecular flexibility index (Phi) is 3.48. The molecule has 2 aliphatic carbocycles. The molecule has 1 aromatic rings. The summed E-state index contributed by atoms with van der Waals surface area (Å²) in [6, 6.07) is 8.17. The molecule has 18 heavy (non-hydrogen) atoms. The fourth-order valence-electron chi connectivity index (χ4n) is 3.45. The molecule has 2 atom stereocenters. The number of benzene rings is 1. The Hall–Kier alpha value is -0.380. The van der Waals surface area contributed by atoms with Crippen LogP contribution in [0.3, 0.4) is 0 Å². The molecule has 1 N–H and O–H groups in total. The molecule has 2 nitrogen and oxygen atoms in total. The average Bonchev–Trinajstić information content (AvgIpc) is 2.88. The summed E-state index contributed by atoms with van der Waals surface area (Å²) >= 11 is 3.54. The van der Waals surface area contributed by atoms with Crippen molar-refractivity contribution in [2.75, 3.05) is 0 Å². The van der Waals surface area contributed by atoms with E-state index in [0.29, 0.717) is 6.61 Å². The van der Waals surface area contributed by atoms with Gasteiger partial charge in [0.25, 0.3) is 0 Å². The second-order valence-electron chi connectivity index (χ2n) is 5.58. The molecule has 0 bridgehead atoms. The molecule has 2 fully saturated rings. The molecule has 0 aliphatic heterocycles. The van der Waals surface area contributed by atoms with E-state index in [2.05, 4.69) is 22.0 Å². The number of rotatable bonds is 3. The van der Waals surface area contributed by atoms with Crippen LogP contribution < -0.4 is 0 Å². The van der Waals surface area contributed by atoms with Gasteiger partial charge in [0, 0.05) is 16.3 Å². The zero-order chi connectivity index (χ0) is 12.6. The van der Waals surface area contributed by atoms with E-state index in [1.165, 1.54) is 18.4 Å². The average molecular weight is 311 g/mol. The quantitative estimate of drug-likeness (QED) is 0.923. The van der Waals surface area contributed by atoms with Gasteiger partial charge in [0.05, 0.1) is 18.8 Å². The first kappa shape index (κ1) is 12.6. The first-order valence-electron chi connectivity index (χ1n) is 6.75. The topological polar surface area (TPSA) is 29.5 Å². The standard InChI is InChI=1S/C15H19BrO2/c16-12-6-2-1-5-11(12)10-18-14-9-13(17)15(14)7-3-4-8-15/h1-2,5-6,13-14,17H,3-4,7-10H2. The molecule has 0 heterocycles. The highest BCUT2D eigenvalue weighted by atomic mass is 79.9. The Morgan fingerprint density at radius 2 is 2.00 bits per heavy atom. The summed E-state index contributed by atoms with van der Waals surface area (Å²) < 4.78 is 7.17. The minimum atomic E-state index is -0.135. The third-order valence-corrected chi connectivity index (χ3v) is 5.45. The Bertz CT molecular complexity index is 426. The van der Waals surface area contributed by atoms with Crippen molar-refractivity contribution < 1.29 is 9.84 Å². The van der Waals surface area contributed by atoms with Crippen LogP contribution in [0.15, 0.2) is 28.7 Å². The zero-order valence-electron chi connectivity index (χ0n) is 10.4. The molecule has 1 aromatic carbocycles. The fourth-order valence-corrected chi connectivity index (χ4v) is 3.85. The summed E-state index contributed by atoms with van der Waals surface area (Å²) in [5, 5.41) is 10.0. The molecule has 2 unspecified atom stereocenters. The van der Waals surface area contributed by atoms with Gasteiger partial charge in [-0.3, -0.25) is 0 Å². The first-order valence-corrected chi connectivity index (χ1v) is 7.55. The van der Waals surface area contributed by atoms with E-state index >= 15 is 0 Å². The van der Waals surface area contributed by atoms with Crippen molar-refractivity contribution in [3.05, 3.63) is 34.3 Å². The van der Waals surface area contributed by atoms with E-state index < -0.39 is 0 Å². The van der Waals surface area contributed by atoms with Crippen LogP contribution >= 0.6 is 15.9 Å². The maximum Gasteiger partial charge on any atom is 0.0731 e. The van der Waals surface area contributed by atoms with E-state index in [4.69, 9.17) is 4.74 Å². The minimum Gasteiger partial charge on any atom is -0.392 e. The number of ether oxygens (including phenoxy) is 1. The van der Waals surface area contributed by atoms with Gasteiger partial charge in [-0.25, -0.2) is 0 Å². The summed E-state index contributed by atoms with van der Waals surface area (Å²) in [6.07, 6.45) is 5.68. The Balaban J connectivity index is 1.63. The normalized spacial score (nSPS) is 29.4. The largest absolute Gasteiger partial charge is 0.392 e. The zero-order valence-corrected chi connectivity index (χ0v) is 12.0. The van der Waals surface area contributed by atoms with E-state index in [9.17, 15) is 5.11 Å². The van der Waals surface area contributed by atoms with Crippen molar-refractivity contribution in [1.82, 2.24) is 0 Å². The van der Waals surface area contributed by atoms with Gasteiger partial charge < -0.3 is 9.84 Å². The molecular formula is C15H19BrO2. The highest BCUT2D eigenvalue weighted by molar-refractivity contribution is 9.10. The SMILES string of the molecule is OC1CC(OCc2ccccc2Br)C12CCCC2. The molecule has 1 spiro atoms. The van der Waals surface area contributed by atoms with Crippen molar-refractivity contribution in [2.24, 2.45) is 5.41 Å². The maximum atomic E-state index is 10.0. The van der Waals surface area contributed by atoms with Crippen LogP contribution in [0.2, 0.25) is 0 Å². The first-order chi connectivity index (χ1) is 8.72. The molecule has 0 amide bonds. The number of hydrogen-bond donors (Lipinski definition) is 1. The van der Waals surface area contributed by atoms with Crippen LogP contribution in [0.1, 0.15) is 37.7 Å². The Morgan fingerprint density at radius 3 is 2.67 bits per heavy atom. The summed E-state index contributed by atoms with van der Waals surface area (Å²) in [5.74, 6) is 0. The summed E-state index contributed by atoms with van der Waals surface area (Å²) in [4.78, 5) is 0. The second kappa shape index (κ2) is 4.95. The minimum absolute atomic E-state index is 0.0846. The van der Waals surface area contributed by atoms with Gasteiger partial charge in [0.1, 0.15) is 0 Å². The van der Waals surface area contributed by atoms with Crippen LogP contribution in [-0.4, -0.2) is 17.3 Å². The van der Waals surface area contributed by atoms with E-state index in [1.807, 2.05) is 18.2 Å². The van der Waals surface area contributed by atoms with Gasteiger partial charge in [-0.2, -0.15) is 0 Å². The molecule has 2 saturated carbocycles. The van der Waals surface area contributed by atoms with Crippen molar-refractivity contribution in [2.45, 2.75) is 50.9 Å². The lowest BCUT2D eigenvalue weighted by Crippen LogP contribution is -2.56. The molecule has 0 radical (unpaired) electrons. The van der Waals surface area contributed by atoms with E-state index in [-0.39, 0.29) is 17.6 Å². The second-order valence-corrected chi connectivity index (χ2v) is 6.44. The smallest absolute Gasteiger partial charge is 0.0731 e. The Morgan fingerprint density at radius 1 is 1.28 bits per heavy atom. The van der Waals surface area contributed by atoms with Crippen LogP contribution in [0, 0.1) is 5.41 Å². The van der Waals surface area contributed by atoms with Crippen molar-refractivity contribution >= 4 is 15.9 Å². The predicted octanol–water partition coefficient (Wildman–Crippen LogP) is 3.66.